The van der Waals surface area contributed by atoms with Crippen molar-refractivity contribution in [2.75, 3.05) is 5.73 Å². The zero-order valence-electron chi connectivity index (χ0n) is 9.20. The van der Waals surface area contributed by atoms with E-state index in [0.29, 0.717) is 5.69 Å². The van der Waals surface area contributed by atoms with E-state index >= 15 is 0 Å². The van der Waals surface area contributed by atoms with E-state index in [1.807, 2.05) is 12.1 Å². The first kappa shape index (κ1) is 12.1. The average molecular weight is 222 g/mol. The minimum Gasteiger partial charge on any atom is -0.397 e. The normalized spacial score (nSPS) is 10.2. The SMILES string of the molecule is CCCCCCc1cccc(N)c1N=S. The lowest BCUT2D eigenvalue weighted by Crippen LogP contribution is -1.91. The Bertz CT molecular complexity index is 323. The topological polar surface area (TPSA) is 38.4 Å². The van der Waals surface area contributed by atoms with Crippen LogP contribution in [-0.2, 0) is 18.8 Å². The summed E-state index contributed by atoms with van der Waals surface area (Å²) >= 11 is 4.74. The van der Waals surface area contributed by atoms with Gasteiger partial charge in [0.25, 0.3) is 0 Å². The lowest BCUT2D eigenvalue weighted by Gasteiger charge is -2.06. The first-order valence-electron chi connectivity index (χ1n) is 5.50. The average Bonchev–Trinajstić information content (AvgIpc) is 2.24. The highest BCUT2D eigenvalue weighted by Gasteiger charge is 2.04. The van der Waals surface area contributed by atoms with Gasteiger partial charge in [-0.2, -0.15) is 4.36 Å². The van der Waals surface area contributed by atoms with Gasteiger partial charge in [0.15, 0.2) is 0 Å². The number of nitrogen functional groups attached to an aromatic ring is 1. The highest BCUT2D eigenvalue weighted by atomic mass is 32.1. The van der Waals surface area contributed by atoms with Crippen LogP contribution in [0.25, 0.3) is 0 Å². The third-order valence-corrected chi connectivity index (χ3v) is 2.72. The Balaban J connectivity index is 2.60. The first-order chi connectivity index (χ1) is 7.29. The van der Waals surface area contributed by atoms with Gasteiger partial charge < -0.3 is 5.73 Å². The van der Waals surface area contributed by atoms with E-state index in [1.165, 1.54) is 31.2 Å². The van der Waals surface area contributed by atoms with Crippen LogP contribution in [0.15, 0.2) is 22.6 Å². The van der Waals surface area contributed by atoms with E-state index in [0.717, 1.165) is 12.1 Å². The van der Waals surface area contributed by atoms with Crippen molar-refractivity contribution in [1.82, 2.24) is 0 Å². The van der Waals surface area contributed by atoms with Gasteiger partial charge in [-0.05, 0) is 24.5 Å². The van der Waals surface area contributed by atoms with Gasteiger partial charge in [0.1, 0.15) is 5.69 Å². The highest BCUT2D eigenvalue weighted by molar-refractivity contribution is 7.47. The van der Waals surface area contributed by atoms with Crippen LogP contribution < -0.4 is 5.73 Å². The van der Waals surface area contributed by atoms with Crippen molar-refractivity contribution in [2.24, 2.45) is 4.36 Å². The van der Waals surface area contributed by atoms with Crippen LogP contribution in [0.1, 0.15) is 38.2 Å². The lowest BCUT2D eigenvalue weighted by molar-refractivity contribution is 0.667. The molecule has 2 nitrogen and oxygen atoms in total. The van der Waals surface area contributed by atoms with Gasteiger partial charge in [0.2, 0.25) is 0 Å². The predicted molar refractivity (Wildman–Crippen MR) is 68.2 cm³/mol. The molecule has 1 aromatic rings. The molecule has 0 spiro atoms. The Kier molecular flexibility index (Phi) is 5.26. The number of nitrogens with zero attached hydrogens (tertiary/aromatic N) is 1. The Morgan fingerprint density at radius 3 is 2.73 bits per heavy atom. The fraction of sp³-hybridized carbons (Fsp3) is 0.500. The molecule has 0 heterocycles. The van der Waals surface area contributed by atoms with Gasteiger partial charge >= 0.3 is 0 Å². The molecule has 3 heteroatoms. The molecule has 1 aromatic carbocycles. The van der Waals surface area contributed by atoms with Crippen LogP contribution >= 0.6 is 0 Å². The Morgan fingerprint density at radius 2 is 2.07 bits per heavy atom. The maximum atomic E-state index is 5.80. The molecule has 0 aliphatic rings. The maximum absolute atomic E-state index is 5.80. The molecule has 0 amide bonds. The summed E-state index contributed by atoms with van der Waals surface area (Å²) in [7, 11) is 0. The van der Waals surface area contributed by atoms with Crippen LogP contribution in [0, 0.1) is 0 Å². The quantitative estimate of drug-likeness (QED) is 0.588. The number of hydrogen-bond acceptors (Lipinski definition) is 3. The number of rotatable bonds is 6. The molecule has 0 radical (unpaired) electrons. The second kappa shape index (κ2) is 6.51. The lowest BCUT2D eigenvalue weighted by atomic mass is 10.0. The van der Waals surface area contributed by atoms with Crippen molar-refractivity contribution in [2.45, 2.75) is 39.0 Å². The molecule has 0 saturated heterocycles. The van der Waals surface area contributed by atoms with E-state index in [-0.39, 0.29) is 0 Å². The number of anilines is 1. The Hall–Kier alpha value is -0.960. The molecule has 15 heavy (non-hydrogen) atoms. The molecule has 0 fully saturated rings. The summed E-state index contributed by atoms with van der Waals surface area (Å²) in [5, 5.41) is 0. The number of hydrogen-bond donors (Lipinski definition) is 1. The molecule has 0 unspecified atom stereocenters. The van der Waals surface area contributed by atoms with Crippen LogP contribution in [0.4, 0.5) is 11.4 Å². The van der Waals surface area contributed by atoms with E-state index in [1.54, 1.807) is 0 Å². The molecular formula is C12H18N2S. The van der Waals surface area contributed by atoms with E-state index in [4.69, 9.17) is 18.2 Å². The number of aryl methyl sites for hydroxylation is 1. The smallest absolute Gasteiger partial charge is 0.103 e. The van der Waals surface area contributed by atoms with Crippen LogP contribution in [0.5, 0.6) is 0 Å². The zero-order valence-corrected chi connectivity index (χ0v) is 10.0. The summed E-state index contributed by atoms with van der Waals surface area (Å²) in [6, 6.07) is 5.88. The largest absolute Gasteiger partial charge is 0.397 e. The van der Waals surface area contributed by atoms with Gasteiger partial charge in [-0.3, -0.25) is 0 Å². The van der Waals surface area contributed by atoms with Crippen LogP contribution in [0.2, 0.25) is 0 Å². The molecule has 0 atom stereocenters. The predicted octanol–water partition coefficient (Wildman–Crippen LogP) is 3.75. The van der Waals surface area contributed by atoms with Gasteiger partial charge in [-0.15, -0.1) is 0 Å². The minimum absolute atomic E-state index is 0.693. The highest BCUT2D eigenvalue weighted by Crippen LogP contribution is 2.27. The van der Waals surface area contributed by atoms with Gasteiger partial charge in [0, 0.05) is 12.4 Å². The fourth-order valence-electron chi connectivity index (χ4n) is 1.67. The molecular weight excluding hydrogens is 204 g/mol. The first-order valence-corrected chi connectivity index (χ1v) is 5.86. The van der Waals surface area contributed by atoms with Crippen molar-refractivity contribution >= 4 is 23.8 Å². The second-order valence-electron chi connectivity index (χ2n) is 3.76. The van der Waals surface area contributed by atoms with E-state index < -0.39 is 0 Å². The Morgan fingerprint density at radius 1 is 1.27 bits per heavy atom. The van der Waals surface area contributed by atoms with Crippen molar-refractivity contribution in [1.29, 1.82) is 0 Å². The van der Waals surface area contributed by atoms with Crippen molar-refractivity contribution < 1.29 is 0 Å². The van der Waals surface area contributed by atoms with Crippen molar-refractivity contribution in [3.63, 3.8) is 0 Å². The molecule has 0 saturated carbocycles. The molecule has 82 valence electrons. The molecule has 0 aliphatic carbocycles. The monoisotopic (exact) mass is 222 g/mol. The van der Waals surface area contributed by atoms with Gasteiger partial charge in [-0.25, -0.2) is 0 Å². The Labute approximate surface area is 97.1 Å². The number of nitrogens with two attached hydrogens (primary N) is 1. The summed E-state index contributed by atoms with van der Waals surface area (Å²) < 4.78 is 3.83. The van der Waals surface area contributed by atoms with Crippen LogP contribution in [-0.4, -0.2) is 0 Å². The molecule has 0 aromatic heterocycles. The van der Waals surface area contributed by atoms with E-state index in [2.05, 4.69) is 17.4 Å². The summed E-state index contributed by atoms with van der Waals surface area (Å²) in [4.78, 5) is 0. The van der Waals surface area contributed by atoms with E-state index in [9.17, 15) is 0 Å². The van der Waals surface area contributed by atoms with Gasteiger partial charge in [0.05, 0.1) is 5.69 Å². The summed E-state index contributed by atoms with van der Waals surface area (Å²) in [6.45, 7) is 2.21. The van der Waals surface area contributed by atoms with Crippen LogP contribution in [0.3, 0.4) is 0 Å². The molecule has 2 N–H and O–H groups in total. The third-order valence-electron chi connectivity index (χ3n) is 2.54. The summed E-state index contributed by atoms with van der Waals surface area (Å²) in [6.07, 6.45) is 6.04. The molecule has 0 aliphatic heterocycles. The minimum atomic E-state index is 0.693. The van der Waals surface area contributed by atoms with Gasteiger partial charge in [-0.1, -0.05) is 38.3 Å². The second-order valence-corrected chi connectivity index (χ2v) is 3.94. The number of unbranched alkanes of at least 4 members (excludes halogenated alkanes) is 3. The molecule has 1 rings (SSSR count). The maximum Gasteiger partial charge on any atom is 0.103 e. The summed E-state index contributed by atoms with van der Waals surface area (Å²) in [5.41, 5.74) is 8.47. The number of benzene rings is 1. The summed E-state index contributed by atoms with van der Waals surface area (Å²) in [5.74, 6) is 0. The van der Waals surface area contributed by atoms with Crippen molar-refractivity contribution in [3.8, 4) is 0 Å². The molecule has 0 bridgehead atoms. The fourth-order valence-corrected chi connectivity index (χ4v) is 1.89. The standard InChI is InChI=1S/C12H18N2S/c1-2-3-4-5-7-10-8-6-9-11(13)12(10)14-15/h6,8-9H,2-5,7,13H2,1H3. The van der Waals surface area contributed by atoms with Crippen molar-refractivity contribution in [3.05, 3.63) is 23.8 Å². The third kappa shape index (κ3) is 3.59. The zero-order chi connectivity index (χ0) is 11.1.